The van der Waals surface area contributed by atoms with Crippen LogP contribution in [0.4, 0.5) is 14.4 Å². The maximum absolute atomic E-state index is 12.4. The summed E-state index contributed by atoms with van der Waals surface area (Å²) < 4.78 is 72.2. The SMILES string of the molecule is NN1CC2CCCC2C1.NS(=O)(=O)c1cnn2c1OCCC2.O=C(Cl)Oc1ccccc1.O=C(NN1CC2CCCC2C1)NS(=O)(=O)c1cnn2c1OCCC2.O=C(NN1CC2CCCC2C1)Oc1ccccc1. The molecule has 4 aromatic rings. The van der Waals surface area contributed by atoms with Crippen molar-refractivity contribution in [3.05, 3.63) is 73.1 Å². The highest BCUT2D eigenvalue weighted by molar-refractivity contribution is 7.90. The number of sulfonamides is 2. The number of primary sulfonamides is 1. The summed E-state index contributed by atoms with van der Waals surface area (Å²) >= 11 is 4.95. The molecule has 0 radical (unpaired) electrons. The Morgan fingerprint density at radius 2 is 1.01 bits per heavy atom. The number of benzene rings is 2. The van der Waals surface area contributed by atoms with Crippen molar-refractivity contribution in [2.24, 2.45) is 46.5 Å². The first kappa shape index (κ1) is 54.7. The number of hydrogen-bond acceptors (Lipinski definition) is 17. The number of nitrogens with two attached hydrogens (primary N) is 2. The number of carbonyl (C=O) groups is 3. The first-order chi connectivity index (χ1) is 35.6. The number of nitrogens with one attached hydrogen (secondary N) is 3. The molecule has 8 aliphatic rings. The molecular formula is C48H67ClN12O11S2. The molecule has 3 saturated carbocycles. The highest BCUT2D eigenvalue weighted by atomic mass is 35.5. The molecule has 0 bridgehead atoms. The summed E-state index contributed by atoms with van der Waals surface area (Å²) in [6, 6.07) is 17.1. The zero-order chi connectivity index (χ0) is 52.2. The number of nitrogens with zero attached hydrogens (tertiary/aromatic N) is 7. The van der Waals surface area contributed by atoms with Gasteiger partial charge < -0.3 is 18.9 Å². The van der Waals surface area contributed by atoms with Crippen LogP contribution < -0.4 is 45.5 Å². The second-order valence-electron chi connectivity index (χ2n) is 19.7. The molecule has 7 heterocycles. The van der Waals surface area contributed by atoms with Gasteiger partial charge >= 0.3 is 17.6 Å². The molecule has 12 rings (SSSR count). The van der Waals surface area contributed by atoms with Crippen molar-refractivity contribution in [3.8, 4) is 23.3 Å². The van der Waals surface area contributed by atoms with Crippen LogP contribution in [-0.4, -0.2) is 121 Å². The lowest BCUT2D eigenvalue weighted by Crippen LogP contribution is -2.48. The third kappa shape index (κ3) is 15.1. The molecule has 23 nitrogen and oxygen atoms in total. The number of rotatable bonds is 7. The van der Waals surface area contributed by atoms with Gasteiger partial charge in [-0.05, 0) is 98.3 Å². The van der Waals surface area contributed by atoms with Crippen LogP contribution in [0.2, 0.25) is 0 Å². The van der Waals surface area contributed by atoms with E-state index in [2.05, 4.69) is 25.8 Å². The predicted molar refractivity (Wildman–Crippen MR) is 270 cm³/mol. The monoisotopic (exact) mass is 1090 g/mol. The van der Waals surface area contributed by atoms with Gasteiger partial charge in [-0.2, -0.15) is 10.2 Å². The highest BCUT2D eigenvalue weighted by Gasteiger charge is 2.39. The molecule has 404 valence electrons. The fourth-order valence-corrected chi connectivity index (χ4v) is 12.7. The summed E-state index contributed by atoms with van der Waals surface area (Å²) in [6.45, 7) is 8.04. The molecule has 3 aliphatic carbocycles. The average Bonchev–Trinajstić information content (AvgIpc) is 4.21. The number of hydrazine groups is 3. The molecule has 3 amide bonds. The van der Waals surface area contributed by atoms with Gasteiger partial charge in [0.05, 0.1) is 25.6 Å². The summed E-state index contributed by atoms with van der Waals surface area (Å²) in [5, 5.41) is 18.6. The molecule has 6 unspecified atom stereocenters. The first-order valence-electron chi connectivity index (χ1n) is 25.3. The number of aryl methyl sites for hydroxylation is 2. The van der Waals surface area contributed by atoms with E-state index in [-0.39, 0.29) is 27.6 Å². The summed E-state index contributed by atoms with van der Waals surface area (Å²) in [5.41, 5.74) is 4.66. The zero-order valence-corrected chi connectivity index (χ0v) is 43.6. The Bertz CT molecular complexity index is 2700. The van der Waals surface area contributed by atoms with Crippen LogP contribution in [0.5, 0.6) is 23.3 Å². The normalized spacial score (nSPS) is 24.5. The number of para-hydroxylation sites is 2. The lowest BCUT2D eigenvalue weighted by molar-refractivity contribution is 0.154. The predicted octanol–water partition coefficient (Wildman–Crippen LogP) is 5.05. The van der Waals surface area contributed by atoms with E-state index in [4.69, 9.17) is 36.8 Å². The fraction of sp³-hybridized carbons (Fsp3) is 0.562. The Labute approximate surface area is 436 Å². The molecule has 2 aromatic carbocycles. The number of urea groups is 1. The van der Waals surface area contributed by atoms with Crippen LogP contribution >= 0.6 is 11.6 Å². The Kier molecular flexibility index (Phi) is 18.7. The molecule has 7 N–H and O–H groups in total. The van der Waals surface area contributed by atoms with Gasteiger partial charge in [-0.3, -0.25) is 16.7 Å². The minimum absolute atomic E-state index is 0.0350. The summed E-state index contributed by atoms with van der Waals surface area (Å²) in [4.78, 5) is 33.8. The van der Waals surface area contributed by atoms with E-state index in [1.807, 2.05) is 44.0 Å². The third-order valence-electron chi connectivity index (χ3n) is 14.5. The number of carbonyl (C=O) groups excluding carboxylic acids is 3. The number of ether oxygens (including phenoxy) is 4. The lowest BCUT2D eigenvalue weighted by Gasteiger charge is -2.19. The first-order valence-corrected chi connectivity index (χ1v) is 28.7. The van der Waals surface area contributed by atoms with E-state index < -0.39 is 31.5 Å². The summed E-state index contributed by atoms with van der Waals surface area (Å²) in [7, 11) is -7.72. The van der Waals surface area contributed by atoms with Gasteiger partial charge in [0.2, 0.25) is 21.8 Å². The maximum atomic E-state index is 12.4. The quantitative estimate of drug-likeness (QED) is 0.119. The standard InChI is InChI=1S/C14H21N5O4S.C14H18N2O2.C7H5ClO2.C7H14N2.C6H9N3O3S/c20-14(16-18-8-10-3-1-4-11(10)9-18)17-24(21,22)12-7-15-19-5-2-6-23-13(12)19;17-14(18-13-7-2-1-3-8-13)15-16-9-11-5-4-6-12(11)10-16;8-7(9)10-6-4-2-1-3-5-6;8-9-4-6-2-1-3-7(6)5-9;7-13(10,11)5-4-8-9-2-1-3-12-6(5)9/h7,10-11H,1-6,8-9H2,(H2,16,17,20);1-3,7-8,11-12H,4-6,9-10H2,(H,15,17);1-5H;6-7H,1-5,8H2;4H,1-3H2,(H2,7,10,11). The zero-order valence-electron chi connectivity index (χ0n) is 41.2. The van der Waals surface area contributed by atoms with Crippen LogP contribution in [0.1, 0.15) is 70.6 Å². The number of aromatic nitrogens is 4. The third-order valence-corrected chi connectivity index (χ3v) is 16.7. The molecular weight excluding hydrogens is 1020 g/mol. The maximum Gasteiger partial charge on any atom is 0.427 e. The molecule has 3 saturated heterocycles. The summed E-state index contributed by atoms with van der Waals surface area (Å²) in [6.07, 6.45) is 15.5. The van der Waals surface area contributed by atoms with Crippen molar-refractivity contribution in [3.63, 3.8) is 0 Å². The van der Waals surface area contributed by atoms with Crippen molar-refractivity contribution in [1.82, 2.24) is 50.2 Å². The largest absolute Gasteiger partial charge is 0.477 e. The number of hydrogen-bond donors (Lipinski definition) is 5. The Morgan fingerprint density at radius 1 is 0.595 bits per heavy atom. The van der Waals surface area contributed by atoms with E-state index in [9.17, 15) is 31.2 Å². The van der Waals surface area contributed by atoms with Crippen LogP contribution in [0.3, 0.4) is 0 Å². The molecule has 74 heavy (non-hydrogen) atoms. The molecule has 26 heteroatoms. The average molecular weight is 1090 g/mol. The Morgan fingerprint density at radius 3 is 1.47 bits per heavy atom. The van der Waals surface area contributed by atoms with Crippen molar-refractivity contribution < 1.29 is 50.2 Å². The Balaban J connectivity index is 0.000000129. The molecule has 6 atom stereocenters. The van der Waals surface area contributed by atoms with E-state index in [1.165, 1.54) is 79.5 Å². The molecule has 0 spiro atoms. The van der Waals surface area contributed by atoms with Gasteiger partial charge in [-0.1, -0.05) is 55.7 Å². The van der Waals surface area contributed by atoms with Crippen molar-refractivity contribution >= 4 is 49.2 Å². The van der Waals surface area contributed by atoms with Gasteiger partial charge in [0.25, 0.3) is 10.0 Å². The van der Waals surface area contributed by atoms with Gasteiger partial charge in [-0.15, -0.1) is 0 Å². The topological polar surface area (TPSA) is 290 Å². The van der Waals surface area contributed by atoms with Crippen LogP contribution in [-0.2, 0) is 33.1 Å². The minimum Gasteiger partial charge on any atom is -0.477 e. The highest BCUT2D eigenvalue weighted by Crippen LogP contribution is 2.39. The molecule has 2 aromatic heterocycles. The van der Waals surface area contributed by atoms with E-state index in [0.29, 0.717) is 49.6 Å². The smallest absolute Gasteiger partial charge is 0.427 e. The number of halogens is 1. The molecule has 6 fully saturated rings. The van der Waals surface area contributed by atoms with Crippen LogP contribution in [0, 0.1) is 35.5 Å². The van der Waals surface area contributed by atoms with E-state index >= 15 is 0 Å². The van der Waals surface area contributed by atoms with E-state index in [1.54, 1.807) is 36.4 Å². The second kappa shape index (κ2) is 25.3. The second-order valence-corrected chi connectivity index (χ2v) is 23.1. The molecule has 5 aliphatic heterocycles. The van der Waals surface area contributed by atoms with Gasteiger partial charge in [0.1, 0.15) is 11.5 Å². The van der Waals surface area contributed by atoms with Crippen molar-refractivity contribution in [1.29, 1.82) is 0 Å². The van der Waals surface area contributed by atoms with Gasteiger partial charge in [0.15, 0.2) is 9.79 Å². The fourth-order valence-electron chi connectivity index (χ4n) is 11.1. The van der Waals surface area contributed by atoms with Crippen molar-refractivity contribution in [2.75, 3.05) is 52.5 Å². The van der Waals surface area contributed by atoms with Gasteiger partial charge in [0, 0.05) is 76.8 Å². The summed E-state index contributed by atoms with van der Waals surface area (Å²) in [5.74, 6) is 11.8. The lowest BCUT2D eigenvalue weighted by atomic mass is 10.0. The van der Waals surface area contributed by atoms with Crippen LogP contribution in [0.25, 0.3) is 0 Å². The number of amides is 3. The van der Waals surface area contributed by atoms with Crippen LogP contribution in [0.15, 0.2) is 82.8 Å². The number of fused-ring (bicyclic) bond motifs is 5. The Hall–Kier alpha value is -5.54. The van der Waals surface area contributed by atoms with Crippen molar-refractivity contribution in [2.45, 2.75) is 93.5 Å². The minimum atomic E-state index is -4.01. The van der Waals surface area contributed by atoms with Gasteiger partial charge in [-0.25, -0.2) is 65.5 Å². The van der Waals surface area contributed by atoms with E-state index in [0.717, 1.165) is 75.8 Å².